The second kappa shape index (κ2) is 6.45. The summed E-state index contributed by atoms with van der Waals surface area (Å²) >= 11 is 6.20. The summed E-state index contributed by atoms with van der Waals surface area (Å²) in [6, 6.07) is 9.27. The maximum Gasteiger partial charge on any atom is 0.172 e. The van der Waals surface area contributed by atoms with E-state index >= 15 is 0 Å². The van der Waals surface area contributed by atoms with Gasteiger partial charge in [0.25, 0.3) is 0 Å². The second-order valence-electron chi connectivity index (χ2n) is 5.32. The third-order valence-electron chi connectivity index (χ3n) is 3.94. The zero-order chi connectivity index (χ0) is 17.3. The number of pyridine rings is 1. The topological polar surface area (TPSA) is 69.4 Å². The molecule has 1 heterocycles. The van der Waals surface area contributed by atoms with E-state index < -0.39 is 0 Å². The molecule has 0 saturated heterocycles. The lowest BCUT2D eigenvalue weighted by atomic mass is 10.1. The fraction of sp³-hybridized carbons (Fsp3) is 0.167. The minimum absolute atomic E-state index is 0.557. The molecule has 0 atom stereocenters. The van der Waals surface area contributed by atoms with E-state index in [1.54, 1.807) is 26.5 Å². The van der Waals surface area contributed by atoms with Crippen LogP contribution < -0.4 is 20.5 Å². The van der Waals surface area contributed by atoms with Crippen molar-refractivity contribution >= 4 is 39.6 Å². The van der Waals surface area contributed by atoms with Crippen molar-refractivity contribution in [2.75, 3.05) is 25.3 Å². The van der Waals surface area contributed by atoms with Crippen LogP contribution in [0.5, 0.6) is 11.5 Å². The van der Waals surface area contributed by atoms with Crippen LogP contribution in [-0.4, -0.2) is 19.2 Å². The van der Waals surface area contributed by atoms with Crippen molar-refractivity contribution in [2.45, 2.75) is 6.92 Å². The Hall–Kier alpha value is -2.66. The molecule has 1 aromatic heterocycles. The number of methoxy groups -OCH3 is 2. The third kappa shape index (κ3) is 2.67. The number of ether oxygens (including phenoxy) is 2. The van der Waals surface area contributed by atoms with Crippen LogP contribution in [0.15, 0.2) is 36.5 Å². The van der Waals surface area contributed by atoms with E-state index in [-0.39, 0.29) is 0 Å². The van der Waals surface area contributed by atoms with Gasteiger partial charge in [0, 0.05) is 34.0 Å². The van der Waals surface area contributed by atoms with Gasteiger partial charge in [0.2, 0.25) is 0 Å². The quantitative estimate of drug-likeness (QED) is 0.680. The van der Waals surface area contributed by atoms with Gasteiger partial charge in [0.15, 0.2) is 11.5 Å². The molecular weight excluding hydrogens is 326 g/mol. The molecule has 5 nitrogen and oxygen atoms in total. The summed E-state index contributed by atoms with van der Waals surface area (Å²) in [4.78, 5) is 4.45. The minimum atomic E-state index is 0.557. The summed E-state index contributed by atoms with van der Waals surface area (Å²) in [6.07, 6.45) is 1.70. The first-order chi connectivity index (χ1) is 11.6. The summed E-state index contributed by atoms with van der Waals surface area (Å²) in [5, 5.41) is 5.61. The van der Waals surface area contributed by atoms with Gasteiger partial charge in [-0.15, -0.1) is 0 Å². The number of nitrogen functional groups attached to an aromatic ring is 1. The summed E-state index contributed by atoms with van der Waals surface area (Å²) in [5.74, 6) is 1.76. The van der Waals surface area contributed by atoms with Crippen LogP contribution in [0.3, 0.4) is 0 Å². The molecule has 3 aromatic rings. The zero-order valence-electron chi connectivity index (χ0n) is 13.7. The average molecular weight is 344 g/mol. The molecule has 0 aliphatic rings. The van der Waals surface area contributed by atoms with Crippen molar-refractivity contribution in [2.24, 2.45) is 0 Å². The van der Waals surface area contributed by atoms with Gasteiger partial charge in [-0.05, 0) is 30.7 Å². The van der Waals surface area contributed by atoms with E-state index in [9.17, 15) is 0 Å². The molecule has 0 fully saturated rings. The van der Waals surface area contributed by atoms with Crippen molar-refractivity contribution in [1.29, 1.82) is 0 Å². The van der Waals surface area contributed by atoms with Gasteiger partial charge in [-0.1, -0.05) is 17.7 Å². The van der Waals surface area contributed by atoms with Gasteiger partial charge in [0.1, 0.15) is 5.82 Å². The Kier molecular flexibility index (Phi) is 4.36. The molecule has 0 aliphatic heterocycles. The summed E-state index contributed by atoms with van der Waals surface area (Å²) in [6.45, 7) is 1.95. The minimum Gasteiger partial charge on any atom is -0.493 e. The highest BCUT2D eigenvalue weighted by Crippen LogP contribution is 2.42. The largest absolute Gasteiger partial charge is 0.493 e. The van der Waals surface area contributed by atoms with Gasteiger partial charge < -0.3 is 20.5 Å². The van der Waals surface area contributed by atoms with Crippen LogP contribution in [0.25, 0.3) is 10.8 Å². The fourth-order valence-corrected chi connectivity index (χ4v) is 2.83. The number of benzene rings is 2. The van der Waals surface area contributed by atoms with E-state index in [2.05, 4.69) is 10.3 Å². The smallest absolute Gasteiger partial charge is 0.172 e. The molecule has 3 rings (SSSR count). The highest BCUT2D eigenvalue weighted by atomic mass is 35.5. The molecule has 24 heavy (non-hydrogen) atoms. The first-order valence-electron chi connectivity index (χ1n) is 7.38. The van der Waals surface area contributed by atoms with Crippen LogP contribution in [0.4, 0.5) is 17.2 Å². The van der Waals surface area contributed by atoms with E-state index in [0.29, 0.717) is 28.0 Å². The van der Waals surface area contributed by atoms with E-state index in [1.807, 2.05) is 31.2 Å². The lowest BCUT2D eigenvalue weighted by molar-refractivity contribution is 0.359. The number of nitrogens with one attached hydrogen (secondary N) is 1. The predicted octanol–water partition coefficient (Wildman–Crippen LogP) is 4.54. The van der Waals surface area contributed by atoms with E-state index in [0.717, 1.165) is 22.0 Å². The van der Waals surface area contributed by atoms with Crippen LogP contribution in [-0.2, 0) is 0 Å². The normalized spacial score (nSPS) is 10.7. The second-order valence-corrected chi connectivity index (χ2v) is 5.73. The number of fused-ring (bicyclic) bond motifs is 1. The number of anilines is 3. The van der Waals surface area contributed by atoms with Gasteiger partial charge in [-0.2, -0.15) is 0 Å². The number of halogens is 1. The molecule has 0 bridgehead atoms. The first kappa shape index (κ1) is 16.2. The highest BCUT2D eigenvalue weighted by Gasteiger charge is 2.17. The Morgan fingerprint density at radius 2 is 1.96 bits per heavy atom. The molecule has 2 aromatic carbocycles. The lowest BCUT2D eigenvalue weighted by Gasteiger charge is -2.17. The maximum atomic E-state index is 6.20. The zero-order valence-corrected chi connectivity index (χ0v) is 14.4. The molecule has 0 spiro atoms. The molecular formula is C18H18ClN3O2. The number of nitrogens with two attached hydrogens (primary N) is 1. The highest BCUT2D eigenvalue weighted by molar-refractivity contribution is 6.31. The molecule has 6 heteroatoms. The van der Waals surface area contributed by atoms with Crippen molar-refractivity contribution in [3.8, 4) is 11.5 Å². The Balaban J connectivity index is 2.25. The molecule has 0 unspecified atom stereocenters. The summed E-state index contributed by atoms with van der Waals surface area (Å²) in [7, 11) is 3.17. The van der Waals surface area contributed by atoms with Gasteiger partial charge >= 0.3 is 0 Å². The summed E-state index contributed by atoms with van der Waals surface area (Å²) in [5.41, 5.74) is 8.56. The Bertz CT molecular complexity index is 912. The van der Waals surface area contributed by atoms with Crippen molar-refractivity contribution < 1.29 is 9.47 Å². The van der Waals surface area contributed by atoms with Crippen molar-refractivity contribution in [3.63, 3.8) is 0 Å². The monoisotopic (exact) mass is 343 g/mol. The number of hydrogen-bond donors (Lipinski definition) is 2. The van der Waals surface area contributed by atoms with E-state index in [4.69, 9.17) is 26.8 Å². The lowest BCUT2D eigenvalue weighted by Crippen LogP contribution is -2.01. The van der Waals surface area contributed by atoms with Gasteiger partial charge in [-0.25, -0.2) is 4.98 Å². The molecule has 124 valence electrons. The molecule has 0 aliphatic carbocycles. The Morgan fingerprint density at radius 1 is 1.17 bits per heavy atom. The SMILES string of the molecule is COc1cc(N)c2ccnc(Nc3cccc(Cl)c3C)c2c1OC. The van der Waals surface area contributed by atoms with Crippen molar-refractivity contribution in [3.05, 3.63) is 47.1 Å². The number of rotatable bonds is 4. The third-order valence-corrected chi connectivity index (χ3v) is 4.35. The van der Waals surface area contributed by atoms with E-state index in [1.165, 1.54) is 0 Å². The molecule has 0 radical (unpaired) electrons. The summed E-state index contributed by atoms with van der Waals surface area (Å²) < 4.78 is 10.9. The van der Waals surface area contributed by atoms with Crippen LogP contribution in [0.2, 0.25) is 5.02 Å². The number of hydrogen-bond acceptors (Lipinski definition) is 5. The number of nitrogens with zero attached hydrogens (tertiary/aromatic N) is 1. The standard InChI is InChI=1S/C18H18ClN3O2/c1-10-12(19)5-4-6-14(10)22-18-16-11(7-8-21-18)13(20)9-15(23-2)17(16)24-3/h4-9H,20H2,1-3H3,(H,21,22). The van der Waals surface area contributed by atoms with Gasteiger partial charge in [-0.3, -0.25) is 0 Å². The number of aromatic nitrogens is 1. The Morgan fingerprint density at radius 3 is 2.67 bits per heavy atom. The van der Waals surface area contributed by atoms with Crippen molar-refractivity contribution in [1.82, 2.24) is 4.98 Å². The average Bonchev–Trinajstić information content (AvgIpc) is 2.59. The Labute approximate surface area is 145 Å². The van der Waals surface area contributed by atoms with Crippen LogP contribution in [0.1, 0.15) is 5.56 Å². The molecule has 0 saturated carbocycles. The van der Waals surface area contributed by atoms with Crippen LogP contribution >= 0.6 is 11.6 Å². The van der Waals surface area contributed by atoms with Crippen LogP contribution in [0, 0.1) is 6.92 Å². The first-order valence-corrected chi connectivity index (χ1v) is 7.76. The molecule has 0 amide bonds. The predicted molar refractivity (Wildman–Crippen MR) is 98.7 cm³/mol. The fourth-order valence-electron chi connectivity index (χ4n) is 2.66. The molecule has 3 N–H and O–H groups in total. The van der Waals surface area contributed by atoms with Gasteiger partial charge in [0.05, 0.1) is 19.6 Å². The maximum absolute atomic E-state index is 6.20.